The van der Waals surface area contributed by atoms with Crippen molar-refractivity contribution in [3.05, 3.63) is 27.3 Å². The molecule has 17 heteroatoms. The van der Waals surface area contributed by atoms with Crippen molar-refractivity contribution < 1.29 is 39.0 Å². The number of nitrogen functional groups attached to an aromatic ring is 1. The maximum Gasteiger partial charge on any atom is 0.357 e. The highest BCUT2D eigenvalue weighted by molar-refractivity contribution is 8.00. The van der Waals surface area contributed by atoms with Gasteiger partial charge in [-0.15, -0.1) is 28.0 Å². The summed E-state index contributed by atoms with van der Waals surface area (Å²) in [4.78, 5) is 67.7. The summed E-state index contributed by atoms with van der Waals surface area (Å²) in [6.07, 6.45) is -0.608. The van der Waals surface area contributed by atoms with Crippen molar-refractivity contribution in [1.29, 1.82) is 0 Å². The number of thiazole rings is 1. The first-order chi connectivity index (χ1) is 15.6. The number of nitrogens with two attached hydrogens (primary N) is 1. The van der Waals surface area contributed by atoms with Gasteiger partial charge < -0.3 is 30.8 Å². The quantitative estimate of drug-likeness (QED) is 0.143. The van der Waals surface area contributed by atoms with Crippen LogP contribution in [0.3, 0.4) is 0 Å². The van der Waals surface area contributed by atoms with E-state index in [4.69, 9.17) is 15.6 Å². The van der Waals surface area contributed by atoms with Crippen LogP contribution < -0.4 is 11.1 Å². The molecular weight excluding hydrogens is 484 g/mol. The molecule has 0 spiro atoms. The Bertz CT molecular complexity index is 1070. The summed E-state index contributed by atoms with van der Waals surface area (Å²) in [5.74, 6) is -4.69. The third kappa shape index (κ3) is 5.03. The number of oxime groups is 1. The number of amides is 1. The maximum atomic E-state index is 12.9. The Morgan fingerprint density at radius 3 is 2.76 bits per heavy atom. The fraction of sp³-hybridized carbons (Fsp3) is 0.375. The molecule has 1 aromatic heterocycles. The molecule has 0 radical (unpaired) electrons. The average Bonchev–Trinajstić information content (AvgIpc) is 3.30. The molecule has 5 N–H and O–H groups in total. The van der Waals surface area contributed by atoms with Crippen LogP contribution in [-0.4, -0.2) is 79.6 Å². The molecule has 3 atom stereocenters. The Morgan fingerprint density at radius 2 is 2.18 bits per heavy atom. The summed E-state index contributed by atoms with van der Waals surface area (Å²) in [5.41, 5.74) is 5.21. The predicted molar refractivity (Wildman–Crippen MR) is 113 cm³/mol. The van der Waals surface area contributed by atoms with Crippen LogP contribution in [0.4, 0.5) is 5.13 Å². The lowest BCUT2D eigenvalue weighted by molar-refractivity contribution is -0.144. The number of carbonyl (C=O) groups is 4. The molecule has 1 aromatic rings. The summed E-state index contributed by atoms with van der Waals surface area (Å²) in [5, 5.41) is 27.6. The van der Waals surface area contributed by atoms with E-state index in [0.717, 1.165) is 23.1 Å². The number of carbonyl (C=O) groups excluding carboxylic acids is 2. The molecule has 0 aromatic carbocycles. The minimum absolute atomic E-state index is 0.0611. The normalized spacial score (nSPS) is 21.2. The van der Waals surface area contributed by atoms with Crippen molar-refractivity contribution in [3.8, 4) is 0 Å². The zero-order valence-corrected chi connectivity index (χ0v) is 18.3. The number of nitrogens with one attached hydrogen (secondary N) is 1. The average molecular weight is 500 g/mol. The number of hydrogen-bond donors (Lipinski definition) is 4. The monoisotopic (exact) mass is 500 g/mol. The smallest absolute Gasteiger partial charge is 0.357 e. The number of thioether (sulfide) groups is 1. The van der Waals surface area contributed by atoms with Gasteiger partial charge in [0.1, 0.15) is 17.2 Å². The molecule has 0 bridgehead atoms. The second-order valence-corrected chi connectivity index (χ2v) is 8.51. The number of carboxylic acids is 2. The Hall–Kier alpha value is -3.73. The molecule has 0 fully saturated rings. The molecule has 3 rings (SSSR count). The molecule has 2 aliphatic rings. The molecular formula is C16H16N6O9S2. The third-order valence-electron chi connectivity index (χ3n) is 4.40. The van der Waals surface area contributed by atoms with Crippen LogP contribution >= 0.6 is 23.1 Å². The first-order valence-corrected chi connectivity index (χ1v) is 10.9. The number of esters is 1. The second-order valence-electron chi connectivity index (χ2n) is 6.52. The van der Waals surface area contributed by atoms with E-state index < -0.39 is 53.7 Å². The van der Waals surface area contributed by atoms with Crippen molar-refractivity contribution in [2.45, 2.75) is 24.4 Å². The lowest BCUT2D eigenvalue weighted by Gasteiger charge is -2.33. The van der Waals surface area contributed by atoms with Crippen molar-refractivity contribution in [3.63, 3.8) is 0 Å². The lowest BCUT2D eigenvalue weighted by Crippen LogP contribution is -2.55. The topological polar surface area (TPSA) is 223 Å². The van der Waals surface area contributed by atoms with Crippen molar-refractivity contribution in [2.75, 3.05) is 18.1 Å². The maximum absolute atomic E-state index is 12.9. The standard InChI is InChI=1S/C16H16N6O9S2/c1-5-6-3-32-13(22(21-29)11(6)15(28)31-5)10(14(26)27)19-12(25)9(20-30-2-8(23)24)7-4-33-16(17)18-7/h4-5,10,13H,2-3H2,1H3,(H2,17,18)(H,19,25)(H,23,24)(H,26,27)/b20-9-/t5?,10?,13-/m1/s1. The van der Waals surface area contributed by atoms with E-state index in [2.05, 4.69) is 25.6 Å². The van der Waals surface area contributed by atoms with Gasteiger partial charge in [-0.2, -0.15) is 0 Å². The number of aliphatic carboxylic acids is 2. The number of nitrogens with zero attached hydrogens (tertiary/aromatic N) is 4. The Labute approximate surface area is 192 Å². The van der Waals surface area contributed by atoms with Crippen LogP contribution in [0.1, 0.15) is 12.6 Å². The third-order valence-corrected chi connectivity index (χ3v) is 6.37. The number of hydrogen-bond acceptors (Lipinski definition) is 13. The number of cyclic esters (lactones) is 1. The van der Waals surface area contributed by atoms with Crippen LogP contribution in [-0.2, 0) is 28.8 Å². The number of carboxylic acid groups (broad SMARTS) is 2. The van der Waals surface area contributed by atoms with Gasteiger partial charge in [0.25, 0.3) is 5.91 Å². The van der Waals surface area contributed by atoms with E-state index in [-0.39, 0.29) is 22.3 Å². The molecule has 2 unspecified atom stereocenters. The summed E-state index contributed by atoms with van der Waals surface area (Å²) < 4.78 is 5.07. The van der Waals surface area contributed by atoms with Crippen LogP contribution in [0.5, 0.6) is 0 Å². The number of nitroso groups, excluding NO2 is 1. The highest BCUT2D eigenvalue weighted by Gasteiger charge is 2.47. The lowest BCUT2D eigenvalue weighted by atomic mass is 10.1. The summed E-state index contributed by atoms with van der Waals surface area (Å²) in [7, 11) is 0. The molecule has 15 nitrogen and oxygen atoms in total. The predicted octanol–water partition coefficient (Wildman–Crippen LogP) is -0.644. The van der Waals surface area contributed by atoms with Gasteiger partial charge in [-0.05, 0) is 6.92 Å². The number of ether oxygens (including phenoxy) is 1. The first kappa shape index (κ1) is 23.9. The van der Waals surface area contributed by atoms with Gasteiger partial charge in [0.2, 0.25) is 6.61 Å². The van der Waals surface area contributed by atoms with Crippen LogP contribution in [0.15, 0.2) is 27.1 Å². The van der Waals surface area contributed by atoms with E-state index in [9.17, 15) is 29.2 Å². The Balaban J connectivity index is 1.88. The minimum atomic E-state index is -1.75. The number of aromatic nitrogens is 1. The summed E-state index contributed by atoms with van der Waals surface area (Å²) in [6.45, 7) is 0.720. The van der Waals surface area contributed by atoms with Crippen molar-refractivity contribution in [2.24, 2.45) is 10.4 Å². The number of rotatable bonds is 9. The molecule has 3 heterocycles. The van der Waals surface area contributed by atoms with Crippen LogP contribution in [0, 0.1) is 4.91 Å². The fourth-order valence-electron chi connectivity index (χ4n) is 2.95. The highest BCUT2D eigenvalue weighted by Crippen LogP contribution is 2.39. The van der Waals surface area contributed by atoms with Crippen molar-refractivity contribution in [1.82, 2.24) is 15.3 Å². The summed E-state index contributed by atoms with van der Waals surface area (Å²) >= 11 is 1.90. The molecule has 0 aliphatic carbocycles. The van der Waals surface area contributed by atoms with E-state index in [1.165, 1.54) is 5.38 Å². The van der Waals surface area contributed by atoms with E-state index >= 15 is 0 Å². The Kier molecular flexibility index (Phi) is 7.12. The van der Waals surface area contributed by atoms with E-state index in [1.54, 1.807) is 6.92 Å². The Morgan fingerprint density at radius 1 is 1.45 bits per heavy atom. The van der Waals surface area contributed by atoms with Gasteiger partial charge in [-0.3, -0.25) is 4.79 Å². The van der Waals surface area contributed by atoms with Gasteiger partial charge in [-0.1, -0.05) is 5.16 Å². The SMILES string of the molecule is CC1OC(=O)C2=C1CS[C@H](C(NC(=O)/C(=N\OCC(=O)O)c1csc(N)n1)C(=O)O)N2N=O. The zero-order chi connectivity index (χ0) is 24.3. The van der Waals surface area contributed by atoms with E-state index in [0.29, 0.717) is 10.6 Å². The molecule has 0 saturated heterocycles. The van der Waals surface area contributed by atoms with Crippen LogP contribution in [0.25, 0.3) is 0 Å². The fourth-order valence-corrected chi connectivity index (χ4v) is 4.88. The zero-order valence-electron chi connectivity index (χ0n) is 16.7. The highest BCUT2D eigenvalue weighted by atomic mass is 32.2. The first-order valence-electron chi connectivity index (χ1n) is 8.99. The van der Waals surface area contributed by atoms with Crippen molar-refractivity contribution >= 4 is 57.8 Å². The summed E-state index contributed by atoms with van der Waals surface area (Å²) in [6, 6.07) is -1.75. The largest absolute Gasteiger partial charge is 0.480 e. The molecule has 1 amide bonds. The molecule has 2 aliphatic heterocycles. The molecule has 176 valence electrons. The van der Waals surface area contributed by atoms with Gasteiger partial charge >= 0.3 is 17.9 Å². The van der Waals surface area contributed by atoms with Crippen LogP contribution in [0.2, 0.25) is 0 Å². The second kappa shape index (κ2) is 9.82. The molecule has 0 saturated carbocycles. The molecule has 33 heavy (non-hydrogen) atoms. The van der Waals surface area contributed by atoms with Gasteiger partial charge in [-0.25, -0.2) is 24.4 Å². The van der Waals surface area contributed by atoms with Gasteiger partial charge in [0.05, 0.1) is 5.29 Å². The minimum Gasteiger partial charge on any atom is -0.480 e. The van der Waals surface area contributed by atoms with Gasteiger partial charge in [0, 0.05) is 16.7 Å². The van der Waals surface area contributed by atoms with E-state index in [1.807, 2.05) is 0 Å². The van der Waals surface area contributed by atoms with Gasteiger partial charge in [0.15, 0.2) is 22.6 Å². The number of anilines is 1.